The summed E-state index contributed by atoms with van der Waals surface area (Å²) in [5, 5.41) is 11.4. The molecule has 0 saturated heterocycles. The Labute approximate surface area is 198 Å². The molecule has 32 heavy (non-hydrogen) atoms. The Kier molecular flexibility index (Phi) is 16.2. The van der Waals surface area contributed by atoms with Crippen molar-refractivity contribution in [3.05, 3.63) is 28.8 Å². The molecule has 0 aliphatic rings. The highest BCUT2D eigenvalue weighted by atomic mass is 35.5. The van der Waals surface area contributed by atoms with Crippen LogP contribution in [0.1, 0.15) is 114 Å². The third-order valence-electron chi connectivity index (χ3n) is 5.45. The van der Waals surface area contributed by atoms with E-state index in [4.69, 9.17) is 21.6 Å². The molecule has 1 N–H and O–H groups in total. The lowest BCUT2D eigenvalue weighted by Crippen LogP contribution is -2.12. The van der Waals surface area contributed by atoms with Gasteiger partial charge in [0.05, 0.1) is 28.9 Å². The van der Waals surface area contributed by atoms with Gasteiger partial charge in [0.15, 0.2) is 0 Å². The molecule has 0 aromatic heterocycles. The summed E-state index contributed by atoms with van der Waals surface area (Å²) in [7, 11) is 0. The monoisotopic (exact) mass is 462 g/mol. The van der Waals surface area contributed by atoms with Crippen LogP contribution in [0, 0.1) is 11.3 Å². The SMILES string of the molecule is CCCCCCCCCCCCCCCCOC(=O)c1ccc(Cl)c(NC(=O)CC#N)c1. The topological polar surface area (TPSA) is 79.2 Å². The number of nitriles is 1. The molecule has 0 heterocycles. The maximum absolute atomic E-state index is 12.2. The van der Waals surface area contributed by atoms with Gasteiger partial charge in [0.1, 0.15) is 6.42 Å². The molecule has 0 spiro atoms. The van der Waals surface area contributed by atoms with Gasteiger partial charge in [0.25, 0.3) is 0 Å². The maximum atomic E-state index is 12.2. The molecule has 5 nitrogen and oxygen atoms in total. The van der Waals surface area contributed by atoms with Crippen LogP contribution in [0.3, 0.4) is 0 Å². The van der Waals surface area contributed by atoms with Crippen molar-refractivity contribution in [3.63, 3.8) is 0 Å². The number of amides is 1. The molecule has 0 saturated carbocycles. The zero-order chi connectivity index (χ0) is 23.4. The maximum Gasteiger partial charge on any atom is 0.338 e. The van der Waals surface area contributed by atoms with Crippen molar-refractivity contribution >= 4 is 29.2 Å². The molecule has 1 rings (SSSR count). The van der Waals surface area contributed by atoms with E-state index in [1.165, 1.54) is 89.2 Å². The van der Waals surface area contributed by atoms with Crippen molar-refractivity contribution in [2.75, 3.05) is 11.9 Å². The fraction of sp³-hybridized carbons (Fsp3) is 0.654. The van der Waals surface area contributed by atoms with E-state index in [-0.39, 0.29) is 6.42 Å². The molecule has 0 fully saturated rings. The second kappa shape index (κ2) is 18.5. The number of halogens is 1. The van der Waals surface area contributed by atoms with Crippen LogP contribution in [0.2, 0.25) is 5.02 Å². The van der Waals surface area contributed by atoms with E-state index >= 15 is 0 Å². The van der Waals surface area contributed by atoms with Gasteiger partial charge < -0.3 is 10.1 Å². The van der Waals surface area contributed by atoms with E-state index in [2.05, 4.69) is 12.2 Å². The molecule has 0 unspecified atom stereocenters. The van der Waals surface area contributed by atoms with Crippen LogP contribution in [0.4, 0.5) is 5.69 Å². The minimum Gasteiger partial charge on any atom is -0.462 e. The van der Waals surface area contributed by atoms with E-state index in [9.17, 15) is 9.59 Å². The quantitative estimate of drug-likeness (QED) is 0.178. The smallest absolute Gasteiger partial charge is 0.338 e. The Balaban J connectivity index is 2.07. The summed E-state index contributed by atoms with van der Waals surface area (Å²) in [6.45, 7) is 2.64. The number of carbonyl (C=O) groups is 2. The summed E-state index contributed by atoms with van der Waals surface area (Å²) in [5.41, 5.74) is 0.630. The minimum absolute atomic E-state index is 0.274. The molecule has 1 aromatic carbocycles. The summed E-state index contributed by atoms with van der Waals surface area (Å²) >= 11 is 6.04. The number of rotatable bonds is 18. The van der Waals surface area contributed by atoms with Gasteiger partial charge in [-0.3, -0.25) is 4.79 Å². The third kappa shape index (κ3) is 13.4. The highest BCUT2D eigenvalue weighted by Crippen LogP contribution is 2.24. The van der Waals surface area contributed by atoms with E-state index < -0.39 is 11.9 Å². The number of anilines is 1. The molecule has 1 aromatic rings. The molecule has 1 amide bonds. The highest BCUT2D eigenvalue weighted by Gasteiger charge is 2.12. The van der Waals surface area contributed by atoms with Gasteiger partial charge in [-0.15, -0.1) is 0 Å². The fourth-order valence-electron chi connectivity index (χ4n) is 3.56. The van der Waals surface area contributed by atoms with Gasteiger partial charge in [-0.25, -0.2) is 4.79 Å². The first-order valence-corrected chi connectivity index (χ1v) is 12.6. The number of hydrogen-bond acceptors (Lipinski definition) is 4. The molecular formula is C26H39ClN2O3. The van der Waals surface area contributed by atoms with Crippen molar-refractivity contribution in [3.8, 4) is 6.07 Å². The Hall–Kier alpha value is -2.06. The number of nitrogens with zero attached hydrogens (tertiary/aromatic N) is 1. The van der Waals surface area contributed by atoms with Crippen molar-refractivity contribution in [1.82, 2.24) is 0 Å². The Morgan fingerprint density at radius 3 is 1.97 bits per heavy atom. The van der Waals surface area contributed by atoms with Crippen LogP contribution in [0.25, 0.3) is 0 Å². The Bertz CT molecular complexity index is 716. The molecule has 0 aliphatic carbocycles. The zero-order valence-electron chi connectivity index (χ0n) is 19.6. The molecular weight excluding hydrogens is 424 g/mol. The summed E-state index contributed by atoms with van der Waals surface area (Å²) in [6.07, 6.45) is 17.7. The van der Waals surface area contributed by atoms with Gasteiger partial charge in [-0.1, -0.05) is 102 Å². The number of unbranched alkanes of at least 4 members (excludes halogenated alkanes) is 13. The average molecular weight is 463 g/mol. The highest BCUT2D eigenvalue weighted by molar-refractivity contribution is 6.33. The number of ether oxygens (including phenoxy) is 1. The normalized spacial score (nSPS) is 10.5. The molecule has 0 bridgehead atoms. The number of benzene rings is 1. The zero-order valence-corrected chi connectivity index (χ0v) is 20.4. The van der Waals surface area contributed by atoms with E-state index in [1.807, 2.05) is 0 Å². The molecule has 178 valence electrons. The first-order chi connectivity index (χ1) is 15.6. The predicted molar refractivity (Wildman–Crippen MR) is 131 cm³/mol. The number of hydrogen-bond donors (Lipinski definition) is 1. The second-order valence-corrected chi connectivity index (χ2v) is 8.72. The lowest BCUT2D eigenvalue weighted by Gasteiger charge is -2.09. The number of esters is 1. The average Bonchev–Trinajstić information content (AvgIpc) is 2.78. The molecule has 0 aliphatic heterocycles. The van der Waals surface area contributed by atoms with Crippen LogP contribution in [0.15, 0.2) is 18.2 Å². The summed E-state index contributed by atoms with van der Waals surface area (Å²) in [6, 6.07) is 6.35. The summed E-state index contributed by atoms with van der Waals surface area (Å²) in [4.78, 5) is 23.8. The fourth-order valence-corrected chi connectivity index (χ4v) is 3.72. The summed E-state index contributed by atoms with van der Waals surface area (Å²) in [5.74, 6) is -0.908. The van der Waals surface area contributed by atoms with Crippen LogP contribution >= 0.6 is 11.6 Å². The van der Waals surface area contributed by atoms with Crippen molar-refractivity contribution in [2.45, 2.75) is 103 Å². The van der Waals surface area contributed by atoms with Crippen LogP contribution in [-0.2, 0) is 9.53 Å². The largest absolute Gasteiger partial charge is 0.462 e. The Morgan fingerprint density at radius 1 is 0.906 bits per heavy atom. The molecule has 0 radical (unpaired) electrons. The molecule has 0 atom stereocenters. The van der Waals surface area contributed by atoms with E-state index in [0.717, 1.165) is 12.8 Å². The Morgan fingerprint density at radius 2 is 1.44 bits per heavy atom. The second-order valence-electron chi connectivity index (χ2n) is 8.31. The third-order valence-corrected chi connectivity index (χ3v) is 5.78. The lowest BCUT2D eigenvalue weighted by atomic mass is 10.0. The van der Waals surface area contributed by atoms with Crippen molar-refractivity contribution in [2.24, 2.45) is 0 Å². The lowest BCUT2D eigenvalue weighted by molar-refractivity contribution is -0.115. The molecule has 6 heteroatoms. The van der Waals surface area contributed by atoms with E-state index in [1.54, 1.807) is 12.1 Å². The van der Waals surface area contributed by atoms with Gasteiger partial charge in [-0.05, 0) is 24.6 Å². The van der Waals surface area contributed by atoms with Gasteiger partial charge in [-0.2, -0.15) is 5.26 Å². The predicted octanol–water partition coefficient (Wildman–Crippen LogP) is 7.83. The van der Waals surface area contributed by atoms with Crippen molar-refractivity contribution < 1.29 is 14.3 Å². The van der Waals surface area contributed by atoms with Crippen molar-refractivity contribution in [1.29, 1.82) is 5.26 Å². The number of carbonyl (C=O) groups excluding carboxylic acids is 2. The van der Waals surface area contributed by atoms with E-state index in [0.29, 0.717) is 22.9 Å². The van der Waals surface area contributed by atoms with Gasteiger partial charge >= 0.3 is 5.97 Å². The van der Waals surface area contributed by atoms with Crippen LogP contribution in [0.5, 0.6) is 0 Å². The van der Waals surface area contributed by atoms with Gasteiger partial charge in [0, 0.05) is 0 Å². The van der Waals surface area contributed by atoms with Crippen LogP contribution in [-0.4, -0.2) is 18.5 Å². The minimum atomic E-state index is -0.470. The van der Waals surface area contributed by atoms with Crippen LogP contribution < -0.4 is 5.32 Å². The first kappa shape index (κ1) is 28.0. The summed E-state index contributed by atoms with van der Waals surface area (Å²) < 4.78 is 5.34. The number of nitrogens with one attached hydrogen (secondary N) is 1. The first-order valence-electron chi connectivity index (χ1n) is 12.2. The standard InChI is InChI=1S/C26H39ClN2O3/c1-2-3-4-5-6-7-8-9-10-11-12-13-14-15-20-32-26(31)22-16-17-23(27)24(21-22)29-25(30)18-19-28/h16-17,21H,2-15,18,20H2,1H3,(H,29,30). The van der Waals surface area contributed by atoms with Gasteiger partial charge in [0.2, 0.25) is 5.91 Å².